The van der Waals surface area contributed by atoms with Crippen LogP contribution in [0.15, 0.2) is 4.99 Å². The van der Waals surface area contributed by atoms with Gasteiger partial charge in [0, 0.05) is 17.5 Å². The summed E-state index contributed by atoms with van der Waals surface area (Å²) in [6.07, 6.45) is 4.41. The lowest BCUT2D eigenvalue weighted by Gasteiger charge is -2.36. The lowest BCUT2D eigenvalue weighted by atomic mass is 10.2. The van der Waals surface area contributed by atoms with Crippen molar-refractivity contribution in [2.45, 2.75) is 116 Å². The van der Waals surface area contributed by atoms with Crippen molar-refractivity contribution in [3.8, 4) is 0 Å². The molecule has 0 radical (unpaired) electrons. The van der Waals surface area contributed by atoms with Crippen LogP contribution in [0.5, 0.6) is 0 Å². The molecule has 1 saturated heterocycles. The Morgan fingerprint density at radius 3 is 1.79 bits per heavy atom. The van der Waals surface area contributed by atoms with E-state index in [1.54, 1.807) is 0 Å². The van der Waals surface area contributed by atoms with Gasteiger partial charge in [-0.3, -0.25) is 4.99 Å². The highest BCUT2D eigenvalue weighted by Crippen LogP contribution is 2.37. The average molecular weight is 647 g/mol. The molecule has 0 aromatic carbocycles. The fraction of sp³-hybridized carbons (Fsp3) is 0.917. The first-order valence-corrected chi connectivity index (χ1v) is 21.1. The van der Waals surface area contributed by atoms with Gasteiger partial charge in [-0.2, -0.15) is 12.6 Å². The third kappa shape index (κ3) is 12.2. The van der Waals surface area contributed by atoms with Gasteiger partial charge in [-0.15, -0.1) is 0 Å². The predicted octanol–water partition coefficient (Wildman–Crippen LogP) is 7.68. The van der Waals surface area contributed by atoms with E-state index in [9.17, 15) is 0 Å². The normalized spacial score (nSPS) is 21.5. The second-order valence-corrected chi connectivity index (χ2v) is 22.4. The minimum Gasteiger partial charge on any atom is -0.415 e. The van der Waals surface area contributed by atoms with E-state index in [4.69, 9.17) is 21.1 Å². The van der Waals surface area contributed by atoms with Crippen molar-refractivity contribution in [2.24, 2.45) is 4.99 Å². The van der Waals surface area contributed by atoms with E-state index in [-0.39, 0.29) is 0 Å². The van der Waals surface area contributed by atoms with Crippen molar-refractivity contribution in [1.29, 1.82) is 0 Å². The number of nitrogens with zero attached hydrogens (tertiary/aromatic N) is 1. The zero-order chi connectivity index (χ0) is 26.1. The summed E-state index contributed by atoms with van der Waals surface area (Å²) >= 11 is 11.5. The first-order chi connectivity index (χ1) is 15.0. The minimum absolute atomic E-state index is 0.293. The third-order valence-corrected chi connectivity index (χ3v) is 17.0. The molecule has 2 atom stereocenters. The van der Waals surface area contributed by atoms with Gasteiger partial charge >= 0.3 is 0 Å². The SMILES string of the molecule is CC(C)(C)[Si](C)(C)OC[C@@H]1CCC(=S)N1.CC(C)(C)[Si](C)(C)OC[C@@H]1CCC(CS)=N1.CI. The lowest BCUT2D eigenvalue weighted by Crippen LogP contribution is -2.44. The Balaban J connectivity index is 0.000000578. The summed E-state index contributed by atoms with van der Waals surface area (Å²) < 4.78 is 12.3. The quantitative estimate of drug-likeness (QED) is 0.0980. The Bertz CT molecular complexity index is 633. The van der Waals surface area contributed by atoms with Gasteiger partial charge in [0.25, 0.3) is 0 Å². The number of thiocarbonyl (C=S) groups is 1. The maximum Gasteiger partial charge on any atom is 0.192 e. The van der Waals surface area contributed by atoms with Gasteiger partial charge in [0.1, 0.15) is 0 Å². The molecule has 0 amide bonds. The molecule has 2 aliphatic heterocycles. The molecule has 0 bridgehead atoms. The van der Waals surface area contributed by atoms with Crippen molar-refractivity contribution < 1.29 is 8.85 Å². The largest absolute Gasteiger partial charge is 0.415 e. The van der Waals surface area contributed by atoms with E-state index in [0.717, 1.165) is 49.6 Å². The van der Waals surface area contributed by atoms with Crippen molar-refractivity contribution in [1.82, 2.24) is 5.32 Å². The summed E-state index contributed by atoms with van der Waals surface area (Å²) in [6, 6.07) is 0.836. The molecule has 9 heteroatoms. The summed E-state index contributed by atoms with van der Waals surface area (Å²) in [4.78, 5) is 7.60. The van der Waals surface area contributed by atoms with Crippen molar-refractivity contribution in [3.63, 3.8) is 0 Å². The van der Waals surface area contributed by atoms with Crippen molar-refractivity contribution >= 4 is 74.8 Å². The number of hydrogen-bond acceptors (Lipinski definition) is 5. The van der Waals surface area contributed by atoms with Crippen LogP contribution in [0, 0.1) is 0 Å². The molecule has 2 rings (SSSR count). The molecule has 33 heavy (non-hydrogen) atoms. The van der Waals surface area contributed by atoms with Crippen LogP contribution in [-0.2, 0) is 8.85 Å². The topological polar surface area (TPSA) is 42.8 Å². The van der Waals surface area contributed by atoms with Crippen LogP contribution in [-0.4, -0.2) is 63.3 Å². The fourth-order valence-corrected chi connectivity index (χ4v) is 5.43. The first-order valence-electron chi connectivity index (χ1n) is 12.1. The second-order valence-electron chi connectivity index (χ2n) is 12.0. The van der Waals surface area contributed by atoms with Crippen LogP contribution in [0.3, 0.4) is 0 Å². The smallest absolute Gasteiger partial charge is 0.192 e. The Labute approximate surface area is 232 Å². The van der Waals surface area contributed by atoms with E-state index in [0.29, 0.717) is 22.2 Å². The maximum absolute atomic E-state index is 6.18. The van der Waals surface area contributed by atoms with E-state index in [1.807, 2.05) is 4.93 Å². The number of thiol groups is 1. The van der Waals surface area contributed by atoms with Gasteiger partial charge in [0.2, 0.25) is 0 Å². The van der Waals surface area contributed by atoms with Gasteiger partial charge in [-0.25, -0.2) is 0 Å². The molecule has 1 N–H and O–H groups in total. The molecule has 2 aliphatic rings. The molecule has 0 aromatic heterocycles. The van der Waals surface area contributed by atoms with Gasteiger partial charge in [0.15, 0.2) is 16.6 Å². The predicted molar refractivity (Wildman–Crippen MR) is 169 cm³/mol. The Hall–Kier alpha value is 0.994. The standard InChI is InChI=1S/C12H25NOSSi.C11H23NOSSi.CH3I/c1-12(2,3)16(4,5)14-8-10-6-7-11(9-15)13-10;1-11(2,3)15(4,5)13-8-9-6-7-10(14)12-9;1-2/h10,15H,6-9H2,1-5H3;9H,6-8H2,1-5H3,(H,12,14);1H3/t10-;9-;/m00./s1. The van der Waals surface area contributed by atoms with Crippen LogP contribution >= 0.6 is 47.4 Å². The number of halogens is 1. The highest BCUT2D eigenvalue weighted by molar-refractivity contribution is 14.1. The molecule has 2 heterocycles. The van der Waals surface area contributed by atoms with Crippen molar-refractivity contribution in [2.75, 3.05) is 23.9 Å². The molecule has 0 spiro atoms. The fourth-order valence-electron chi connectivity index (χ4n) is 2.81. The molecule has 1 fully saturated rings. The zero-order valence-corrected chi connectivity index (χ0v) is 29.0. The molecule has 0 aliphatic carbocycles. The average Bonchev–Trinajstić information content (AvgIpc) is 3.34. The van der Waals surface area contributed by atoms with Crippen LogP contribution in [0.2, 0.25) is 36.3 Å². The number of aliphatic imine (C=N–C) groups is 1. The summed E-state index contributed by atoms with van der Waals surface area (Å²) in [5.41, 5.74) is 1.24. The number of nitrogens with one attached hydrogen (secondary N) is 1. The highest BCUT2D eigenvalue weighted by Gasteiger charge is 2.38. The summed E-state index contributed by atoms with van der Waals surface area (Å²) in [7, 11) is -3.17. The number of rotatable bonds is 7. The van der Waals surface area contributed by atoms with E-state index >= 15 is 0 Å². The Morgan fingerprint density at radius 2 is 1.42 bits per heavy atom. The van der Waals surface area contributed by atoms with Crippen LogP contribution in [0.4, 0.5) is 0 Å². The Kier molecular flexibility index (Phi) is 15.1. The molecule has 0 aromatic rings. The maximum atomic E-state index is 6.18. The summed E-state index contributed by atoms with van der Waals surface area (Å²) in [6.45, 7) is 24.4. The van der Waals surface area contributed by atoms with E-state index in [1.165, 1.54) is 5.71 Å². The number of alkyl halides is 1. The monoisotopic (exact) mass is 646 g/mol. The van der Waals surface area contributed by atoms with Gasteiger partial charge in [-0.05, 0) is 66.9 Å². The molecular formula is C24H51IN2O2S2Si2. The van der Waals surface area contributed by atoms with Crippen LogP contribution < -0.4 is 5.32 Å². The van der Waals surface area contributed by atoms with Crippen LogP contribution in [0.25, 0.3) is 0 Å². The summed E-state index contributed by atoms with van der Waals surface area (Å²) in [5, 5.41) is 3.90. The molecular weight excluding hydrogens is 595 g/mol. The van der Waals surface area contributed by atoms with Crippen LogP contribution in [0.1, 0.15) is 67.2 Å². The summed E-state index contributed by atoms with van der Waals surface area (Å²) in [5.74, 6) is 0.802. The van der Waals surface area contributed by atoms with Gasteiger partial charge < -0.3 is 14.2 Å². The molecule has 196 valence electrons. The molecule has 4 nitrogen and oxygen atoms in total. The lowest BCUT2D eigenvalue weighted by molar-refractivity contribution is 0.256. The molecule has 0 unspecified atom stereocenters. The number of hydrogen-bond donors (Lipinski definition) is 2. The van der Waals surface area contributed by atoms with Crippen molar-refractivity contribution in [3.05, 3.63) is 0 Å². The highest BCUT2D eigenvalue weighted by atomic mass is 127. The van der Waals surface area contributed by atoms with E-state index < -0.39 is 16.6 Å². The zero-order valence-electron chi connectivity index (χ0n) is 23.1. The third-order valence-electron chi connectivity index (χ3n) is 7.29. The van der Waals surface area contributed by atoms with Gasteiger partial charge in [0.05, 0.1) is 24.2 Å². The minimum atomic E-state index is -1.59. The van der Waals surface area contributed by atoms with Gasteiger partial charge in [-0.1, -0.05) is 76.4 Å². The Morgan fingerprint density at radius 1 is 0.939 bits per heavy atom. The van der Waals surface area contributed by atoms with E-state index in [2.05, 4.69) is 113 Å². The second kappa shape index (κ2) is 14.7. The molecule has 0 saturated carbocycles. The first kappa shape index (κ1) is 34.0.